The molecule has 108 valence electrons. The van der Waals surface area contributed by atoms with E-state index in [0.29, 0.717) is 6.04 Å². The fourth-order valence-corrected chi connectivity index (χ4v) is 3.71. The third-order valence-electron chi connectivity index (χ3n) is 3.10. The summed E-state index contributed by atoms with van der Waals surface area (Å²) in [6.45, 7) is 1.97. The first-order valence-electron chi connectivity index (χ1n) is 5.92. The van der Waals surface area contributed by atoms with Crippen molar-refractivity contribution in [3.05, 3.63) is 23.3 Å². The summed E-state index contributed by atoms with van der Waals surface area (Å²) >= 11 is 0. The molecular formula is C13H22O5Si. The average molecular weight is 286 g/mol. The van der Waals surface area contributed by atoms with Crippen LogP contribution in [0, 0.1) is 6.92 Å². The molecule has 1 aromatic rings. The second kappa shape index (κ2) is 6.90. The largest absolute Gasteiger partial charge is 0.504 e. The van der Waals surface area contributed by atoms with Gasteiger partial charge in [0, 0.05) is 32.9 Å². The molecule has 0 heterocycles. The van der Waals surface area contributed by atoms with Gasteiger partial charge in [0.2, 0.25) is 0 Å². The Balaban J connectivity index is 3.21. The molecule has 0 aromatic heterocycles. The highest BCUT2D eigenvalue weighted by atomic mass is 28.4. The van der Waals surface area contributed by atoms with Gasteiger partial charge in [-0.3, -0.25) is 0 Å². The van der Waals surface area contributed by atoms with Crippen LogP contribution < -0.4 is 9.47 Å². The van der Waals surface area contributed by atoms with Crippen LogP contribution in [-0.2, 0) is 19.3 Å². The Labute approximate surface area is 115 Å². The minimum Gasteiger partial charge on any atom is -0.497 e. The predicted molar refractivity (Wildman–Crippen MR) is 74.8 cm³/mol. The molecule has 0 atom stereocenters. The van der Waals surface area contributed by atoms with E-state index >= 15 is 0 Å². The summed E-state index contributed by atoms with van der Waals surface area (Å²) in [6.07, 6.45) is 0. The third-order valence-corrected chi connectivity index (χ3v) is 5.78. The van der Waals surface area contributed by atoms with Gasteiger partial charge in [0.15, 0.2) is 0 Å². The van der Waals surface area contributed by atoms with Crippen molar-refractivity contribution in [2.75, 3.05) is 35.5 Å². The van der Waals surface area contributed by atoms with E-state index in [2.05, 4.69) is 0 Å². The van der Waals surface area contributed by atoms with Crippen molar-refractivity contribution in [3.8, 4) is 11.5 Å². The van der Waals surface area contributed by atoms with Crippen LogP contribution in [0.2, 0.25) is 0 Å². The number of hydrogen-bond donors (Lipinski definition) is 0. The van der Waals surface area contributed by atoms with Crippen LogP contribution in [0.25, 0.3) is 0 Å². The van der Waals surface area contributed by atoms with Crippen molar-refractivity contribution >= 4 is 8.80 Å². The molecule has 0 saturated carbocycles. The zero-order chi connectivity index (χ0) is 14.5. The van der Waals surface area contributed by atoms with E-state index in [1.807, 2.05) is 19.1 Å². The van der Waals surface area contributed by atoms with Gasteiger partial charge >= 0.3 is 8.80 Å². The van der Waals surface area contributed by atoms with E-state index in [1.165, 1.54) is 0 Å². The number of ether oxygens (including phenoxy) is 2. The minimum atomic E-state index is -2.70. The molecule has 0 amide bonds. The summed E-state index contributed by atoms with van der Waals surface area (Å²) in [7, 11) is 5.37. The molecule has 1 rings (SSSR count). The van der Waals surface area contributed by atoms with Crippen LogP contribution in [0.4, 0.5) is 0 Å². The Morgan fingerprint density at radius 1 is 0.895 bits per heavy atom. The van der Waals surface area contributed by atoms with Crippen LogP contribution in [-0.4, -0.2) is 44.4 Å². The summed E-state index contributed by atoms with van der Waals surface area (Å²) in [6, 6.07) is 4.38. The molecule has 0 aliphatic carbocycles. The number of benzene rings is 1. The molecule has 0 saturated heterocycles. The topological polar surface area (TPSA) is 46.2 Å². The lowest BCUT2D eigenvalue weighted by molar-refractivity contribution is 0.122. The maximum absolute atomic E-state index is 5.45. The van der Waals surface area contributed by atoms with E-state index in [0.717, 1.165) is 22.6 Å². The van der Waals surface area contributed by atoms with Gasteiger partial charge in [0.25, 0.3) is 0 Å². The van der Waals surface area contributed by atoms with Gasteiger partial charge < -0.3 is 22.8 Å². The van der Waals surface area contributed by atoms with Gasteiger partial charge in [-0.05, 0) is 24.6 Å². The van der Waals surface area contributed by atoms with Crippen molar-refractivity contribution in [1.82, 2.24) is 0 Å². The molecule has 5 nitrogen and oxygen atoms in total. The summed E-state index contributed by atoms with van der Waals surface area (Å²) < 4.78 is 27.1. The van der Waals surface area contributed by atoms with Gasteiger partial charge in [-0.1, -0.05) is 0 Å². The van der Waals surface area contributed by atoms with Crippen LogP contribution in [0.1, 0.15) is 11.1 Å². The first kappa shape index (κ1) is 16.0. The fraction of sp³-hybridized carbons (Fsp3) is 0.538. The van der Waals surface area contributed by atoms with Gasteiger partial charge in [-0.25, -0.2) is 0 Å². The zero-order valence-corrected chi connectivity index (χ0v) is 13.4. The maximum atomic E-state index is 5.45. The Morgan fingerprint density at radius 3 is 1.89 bits per heavy atom. The van der Waals surface area contributed by atoms with Gasteiger partial charge in [-0.15, -0.1) is 0 Å². The summed E-state index contributed by atoms with van der Waals surface area (Å²) in [5.74, 6) is 1.59. The third kappa shape index (κ3) is 3.47. The normalized spacial score (nSPS) is 11.5. The summed E-state index contributed by atoms with van der Waals surface area (Å²) in [4.78, 5) is 0. The Hall–Kier alpha value is -1.08. The van der Waals surface area contributed by atoms with Crippen molar-refractivity contribution in [2.24, 2.45) is 0 Å². The predicted octanol–water partition coefficient (Wildman–Crippen LogP) is 1.97. The number of hydrogen-bond acceptors (Lipinski definition) is 5. The van der Waals surface area contributed by atoms with Crippen molar-refractivity contribution in [1.29, 1.82) is 0 Å². The summed E-state index contributed by atoms with van der Waals surface area (Å²) in [5.41, 5.74) is 1.96. The Kier molecular flexibility index (Phi) is 5.80. The van der Waals surface area contributed by atoms with Gasteiger partial charge in [0.05, 0.1) is 14.2 Å². The number of rotatable bonds is 7. The van der Waals surface area contributed by atoms with Crippen LogP contribution in [0.15, 0.2) is 12.1 Å². The fourth-order valence-electron chi connectivity index (χ4n) is 2.05. The molecule has 19 heavy (non-hydrogen) atoms. The molecule has 0 unspecified atom stereocenters. The molecule has 1 aromatic carbocycles. The highest BCUT2D eigenvalue weighted by Crippen LogP contribution is 2.31. The van der Waals surface area contributed by atoms with E-state index < -0.39 is 8.80 Å². The van der Waals surface area contributed by atoms with Crippen molar-refractivity contribution < 1.29 is 22.8 Å². The zero-order valence-electron chi connectivity index (χ0n) is 12.4. The van der Waals surface area contributed by atoms with Gasteiger partial charge in [-0.2, -0.15) is 0 Å². The summed E-state index contributed by atoms with van der Waals surface area (Å²) in [5, 5.41) is 0. The quantitative estimate of drug-likeness (QED) is 0.717. The van der Waals surface area contributed by atoms with E-state index in [4.69, 9.17) is 22.8 Å². The highest BCUT2D eigenvalue weighted by Gasteiger charge is 2.39. The van der Waals surface area contributed by atoms with E-state index in [9.17, 15) is 0 Å². The first-order chi connectivity index (χ1) is 9.05. The molecular weight excluding hydrogens is 264 g/mol. The van der Waals surface area contributed by atoms with Gasteiger partial charge in [0.1, 0.15) is 11.5 Å². The molecule has 6 heteroatoms. The smallest absolute Gasteiger partial charge is 0.497 e. The lowest BCUT2D eigenvalue weighted by Crippen LogP contribution is -2.45. The molecule has 0 radical (unpaired) electrons. The molecule has 0 bridgehead atoms. The lowest BCUT2D eigenvalue weighted by atomic mass is 10.1. The molecule has 0 fully saturated rings. The number of aryl methyl sites for hydroxylation is 1. The second-order valence-corrected chi connectivity index (χ2v) is 7.05. The van der Waals surface area contributed by atoms with Crippen LogP contribution in [0.3, 0.4) is 0 Å². The average Bonchev–Trinajstić information content (AvgIpc) is 2.44. The van der Waals surface area contributed by atoms with Crippen molar-refractivity contribution in [3.63, 3.8) is 0 Å². The SMILES string of the molecule is COc1cc(C)c(OC)c(C[Si](OC)(OC)OC)c1. The van der Waals surface area contributed by atoms with Crippen molar-refractivity contribution in [2.45, 2.75) is 13.0 Å². The standard InChI is InChI=1S/C13H22O5Si/c1-10-7-12(14-2)8-11(13(10)15-3)9-19(16-4,17-5)18-6/h7-8H,9H2,1-6H3. The molecule has 0 N–H and O–H groups in total. The first-order valence-corrected chi connectivity index (χ1v) is 7.86. The van der Waals surface area contributed by atoms with E-state index in [-0.39, 0.29) is 0 Å². The lowest BCUT2D eigenvalue weighted by Gasteiger charge is -2.25. The molecule has 0 aliphatic heterocycles. The van der Waals surface area contributed by atoms with E-state index in [1.54, 1.807) is 35.5 Å². The molecule has 0 spiro atoms. The Morgan fingerprint density at radius 2 is 1.47 bits per heavy atom. The Bertz CT molecular complexity index is 409. The minimum absolute atomic E-state index is 0.526. The number of methoxy groups -OCH3 is 2. The van der Waals surface area contributed by atoms with Crippen LogP contribution in [0.5, 0.6) is 11.5 Å². The molecule has 0 aliphatic rings. The maximum Gasteiger partial charge on any atom is 0.504 e. The second-order valence-electron chi connectivity index (χ2n) is 4.11. The highest BCUT2D eigenvalue weighted by molar-refractivity contribution is 6.60. The monoisotopic (exact) mass is 286 g/mol. The van der Waals surface area contributed by atoms with Crippen LogP contribution >= 0.6 is 0 Å².